The summed E-state index contributed by atoms with van der Waals surface area (Å²) in [7, 11) is 3.08. The molecule has 0 spiro atoms. The van der Waals surface area contributed by atoms with E-state index in [9.17, 15) is 4.79 Å². The van der Waals surface area contributed by atoms with Gasteiger partial charge >= 0.3 is 5.97 Å². The predicted molar refractivity (Wildman–Crippen MR) is 93.3 cm³/mol. The summed E-state index contributed by atoms with van der Waals surface area (Å²) in [5, 5.41) is 0. The molecule has 1 heterocycles. The molecule has 1 saturated carbocycles. The molecule has 1 atom stereocenters. The van der Waals surface area contributed by atoms with E-state index in [1.54, 1.807) is 7.11 Å². The minimum absolute atomic E-state index is 0.276. The van der Waals surface area contributed by atoms with Crippen LogP contribution in [0.2, 0.25) is 0 Å². The fourth-order valence-electron chi connectivity index (χ4n) is 3.71. The van der Waals surface area contributed by atoms with Gasteiger partial charge in [-0.05, 0) is 24.5 Å². The largest absolute Gasteiger partial charge is 0.496 e. The lowest BCUT2D eigenvalue weighted by Crippen LogP contribution is -2.30. The molecule has 1 aliphatic carbocycles. The number of nitrogens with zero attached hydrogens (tertiary/aromatic N) is 1. The third kappa shape index (κ3) is 3.30. The highest BCUT2D eigenvalue weighted by Gasteiger charge is 2.31. The van der Waals surface area contributed by atoms with Crippen LogP contribution in [0.25, 0.3) is 0 Å². The molecule has 0 radical (unpaired) electrons. The van der Waals surface area contributed by atoms with Gasteiger partial charge in [-0.1, -0.05) is 41.6 Å². The van der Waals surface area contributed by atoms with Crippen LogP contribution in [0.15, 0.2) is 21.6 Å². The number of esters is 1. The summed E-state index contributed by atoms with van der Waals surface area (Å²) < 4.78 is 11.5. The van der Waals surface area contributed by atoms with Gasteiger partial charge in [-0.2, -0.15) is 0 Å². The standard InChI is InChI=1S/C18H22BrNO3/c1-22-16-8-7-13(19)17-12(16)10-15(18(21)23-2)20-14(17)9-11-5-3-4-6-11/h7-8,11,15H,3-6,9-10H2,1-2H3. The van der Waals surface area contributed by atoms with E-state index < -0.39 is 6.04 Å². The first-order chi connectivity index (χ1) is 11.1. The summed E-state index contributed by atoms with van der Waals surface area (Å²) >= 11 is 3.66. The van der Waals surface area contributed by atoms with E-state index in [1.165, 1.54) is 32.8 Å². The second-order valence-corrected chi connectivity index (χ2v) is 7.13. The number of carbonyl (C=O) groups is 1. The van der Waals surface area contributed by atoms with E-state index in [0.29, 0.717) is 12.3 Å². The molecule has 1 aromatic carbocycles. The predicted octanol–water partition coefficient (Wildman–Crippen LogP) is 3.92. The van der Waals surface area contributed by atoms with Gasteiger partial charge in [0.1, 0.15) is 5.75 Å². The first-order valence-corrected chi connectivity index (χ1v) is 8.93. The Bertz CT molecular complexity index is 635. The third-order valence-electron chi connectivity index (χ3n) is 4.87. The zero-order chi connectivity index (χ0) is 16.4. The molecule has 0 saturated heterocycles. The minimum atomic E-state index is -0.466. The molecule has 3 rings (SSSR count). The van der Waals surface area contributed by atoms with E-state index in [4.69, 9.17) is 14.5 Å². The average molecular weight is 380 g/mol. The molecular weight excluding hydrogens is 358 g/mol. The monoisotopic (exact) mass is 379 g/mol. The summed E-state index contributed by atoms with van der Waals surface area (Å²) in [6.45, 7) is 0. The van der Waals surface area contributed by atoms with Gasteiger partial charge < -0.3 is 9.47 Å². The van der Waals surface area contributed by atoms with E-state index in [-0.39, 0.29) is 5.97 Å². The Kier molecular flexibility index (Phi) is 5.05. The van der Waals surface area contributed by atoms with E-state index in [1.807, 2.05) is 12.1 Å². The van der Waals surface area contributed by atoms with Gasteiger partial charge in [0.25, 0.3) is 0 Å². The van der Waals surface area contributed by atoms with Crippen molar-refractivity contribution in [2.24, 2.45) is 10.9 Å². The molecule has 124 valence electrons. The quantitative estimate of drug-likeness (QED) is 0.744. The van der Waals surface area contributed by atoms with Crippen LogP contribution in [0, 0.1) is 5.92 Å². The number of ether oxygens (including phenoxy) is 2. The fourth-order valence-corrected chi connectivity index (χ4v) is 4.31. The number of carbonyl (C=O) groups excluding carboxylic acids is 1. The van der Waals surface area contributed by atoms with Crippen molar-refractivity contribution < 1.29 is 14.3 Å². The molecule has 1 aliphatic heterocycles. The molecule has 2 aliphatic rings. The Morgan fingerprint density at radius 1 is 1.30 bits per heavy atom. The van der Waals surface area contributed by atoms with E-state index in [0.717, 1.165) is 33.5 Å². The van der Waals surface area contributed by atoms with Crippen molar-refractivity contribution in [1.82, 2.24) is 0 Å². The van der Waals surface area contributed by atoms with Crippen LogP contribution in [0.4, 0.5) is 0 Å². The second-order valence-electron chi connectivity index (χ2n) is 6.28. The van der Waals surface area contributed by atoms with Crippen molar-refractivity contribution in [3.05, 3.63) is 27.7 Å². The number of halogens is 1. The number of aliphatic imine (C=N–C) groups is 1. The van der Waals surface area contributed by atoms with E-state index in [2.05, 4.69) is 15.9 Å². The van der Waals surface area contributed by atoms with Crippen molar-refractivity contribution in [3.8, 4) is 5.75 Å². The maximum atomic E-state index is 12.1. The van der Waals surface area contributed by atoms with Gasteiger partial charge in [0.15, 0.2) is 6.04 Å². The summed E-state index contributed by atoms with van der Waals surface area (Å²) in [6.07, 6.45) is 6.54. The fraction of sp³-hybridized carbons (Fsp3) is 0.556. The van der Waals surface area contributed by atoms with Crippen molar-refractivity contribution in [1.29, 1.82) is 0 Å². The Hall–Kier alpha value is -1.36. The molecule has 1 aromatic rings. The summed E-state index contributed by atoms with van der Waals surface area (Å²) in [6, 6.07) is 3.47. The minimum Gasteiger partial charge on any atom is -0.496 e. The number of hydrogen-bond acceptors (Lipinski definition) is 4. The summed E-state index contributed by atoms with van der Waals surface area (Å²) in [5.41, 5.74) is 3.18. The Labute approximate surface area is 145 Å². The molecule has 5 heteroatoms. The lowest BCUT2D eigenvalue weighted by molar-refractivity contribution is -0.142. The van der Waals surface area contributed by atoms with Crippen LogP contribution in [0.5, 0.6) is 5.75 Å². The molecule has 4 nitrogen and oxygen atoms in total. The van der Waals surface area contributed by atoms with Crippen molar-refractivity contribution in [3.63, 3.8) is 0 Å². The van der Waals surface area contributed by atoms with Crippen LogP contribution in [0.3, 0.4) is 0 Å². The number of hydrogen-bond donors (Lipinski definition) is 0. The Morgan fingerprint density at radius 2 is 2.04 bits per heavy atom. The zero-order valence-corrected chi connectivity index (χ0v) is 15.2. The Balaban J connectivity index is 2.02. The van der Waals surface area contributed by atoms with Gasteiger partial charge in [0.05, 0.1) is 14.2 Å². The van der Waals surface area contributed by atoms with Gasteiger partial charge in [-0.15, -0.1) is 0 Å². The van der Waals surface area contributed by atoms with Crippen LogP contribution in [0.1, 0.15) is 43.2 Å². The smallest absolute Gasteiger partial charge is 0.330 e. The zero-order valence-electron chi connectivity index (χ0n) is 13.6. The van der Waals surface area contributed by atoms with Gasteiger partial charge in [0.2, 0.25) is 0 Å². The Morgan fingerprint density at radius 3 is 2.70 bits per heavy atom. The van der Waals surface area contributed by atoms with Crippen LogP contribution in [-0.2, 0) is 16.0 Å². The van der Waals surface area contributed by atoms with Crippen molar-refractivity contribution in [2.45, 2.75) is 44.6 Å². The molecule has 1 fully saturated rings. The first kappa shape index (κ1) is 16.5. The highest BCUT2D eigenvalue weighted by molar-refractivity contribution is 9.10. The maximum Gasteiger partial charge on any atom is 0.330 e. The van der Waals surface area contributed by atoms with Crippen LogP contribution in [-0.4, -0.2) is 31.9 Å². The number of benzene rings is 1. The third-order valence-corrected chi connectivity index (χ3v) is 5.53. The number of rotatable bonds is 4. The van der Waals surface area contributed by atoms with Crippen LogP contribution >= 0.6 is 15.9 Å². The number of methoxy groups -OCH3 is 2. The average Bonchev–Trinajstić information content (AvgIpc) is 3.07. The van der Waals surface area contributed by atoms with Gasteiger partial charge in [-0.25, -0.2) is 4.79 Å². The van der Waals surface area contributed by atoms with Gasteiger partial charge in [0, 0.05) is 27.7 Å². The molecule has 0 aromatic heterocycles. The van der Waals surface area contributed by atoms with Crippen LogP contribution < -0.4 is 4.74 Å². The maximum absolute atomic E-state index is 12.1. The summed E-state index contributed by atoms with van der Waals surface area (Å²) in [5.74, 6) is 1.20. The molecule has 1 unspecified atom stereocenters. The lowest BCUT2D eigenvalue weighted by atomic mass is 9.88. The molecule has 0 amide bonds. The normalized spacial score (nSPS) is 20.8. The highest BCUT2D eigenvalue weighted by Crippen LogP contribution is 2.37. The number of fused-ring (bicyclic) bond motifs is 1. The van der Waals surface area contributed by atoms with Crippen molar-refractivity contribution in [2.75, 3.05) is 14.2 Å². The summed E-state index contributed by atoms with van der Waals surface area (Å²) in [4.78, 5) is 16.8. The molecular formula is C18H22BrNO3. The second kappa shape index (κ2) is 7.04. The van der Waals surface area contributed by atoms with Gasteiger partial charge in [-0.3, -0.25) is 4.99 Å². The lowest BCUT2D eigenvalue weighted by Gasteiger charge is -2.26. The van der Waals surface area contributed by atoms with Crippen molar-refractivity contribution >= 4 is 27.6 Å². The topological polar surface area (TPSA) is 47.9 Å². The first-order valence-electron chi connectivity index (χ1n) is 8.14. The molecule has 0 bridgehead atoms. The molecule has 23 heavy (non-hydrogen) atoms. The van der Waals surface area contributed by atoms with E-state index >= 15 is 0 Å². The molecule has 0 N–H and O–H groups in total. The SMILES string of the molecule is COC(=O)C1Cc2c(OC)ccc(Br)c2C(CC2CCCC2)=N1. The highest BCUT2D eigenvalue weighted by atomic mass is 79.9.